The van der Waals surface area contributed by atoms with Crippen molar-refractivity contribution < 1.29 is 8.42 Å². The van der Waals surface area contributed by atoms with Crippen molar-refractivity contribution >= 4 is 31.5 Å². The third-order valence-corrected chi connectivity index (χ3v) is 4.67. The molecule has 5 heteroatoms. The van der Waals surface area contributed by atoms with Crippen LogP contribution in [0.5, 0.6) is 0 Å². The minimum atomic E-state index is -3.24. The van der Waals surface area contributed by atoms with Gasteiger partial charge >= 0.3 is 0 Å². The molecule has 16 heavy (non-hydrogen) atoms. The van der Waals surface area contributed by atoms with Crippen molar-refractivity contribution in [3.05, 3.63) is 22.7 Å². The first-order valence-electron chi connectivity index (χ1n) is 5.25. The van der Waals surface area contributed by atoms with Gasteiger partial charge in [0.25, 0.3) is 0 Å². The second-order valence-electron chi connectivity index (χ2n) is 3.71. The van der Waals surface area contributed by atoms with E-state index < -0.39 is 9.84 Å². The van der Waals surface area contributed by atoms with E-state index in [9.17, 15) is 8.42 Å². The smallest absolute Gasteiger partial charge is 0.180 e. The van der Waals surface area contributed by atoms with Crippen LogP contribution in [0.15, 0.2) is 27.6 Å². The molecule has 1 aromatic carbocycles. The van der Waals surface area contributed by atoms with Gasteiger partial charge in [-0.15, -0.1) is 0 Å². The number of rotatable bonds is 5. The highest BCUT2D eigenvalue weighted by Crippen LogP contribution is 2.24. The monoisotopic (exact) mass is 305 g/mol. The average Bonchev–Trinajstić information content (AvgIpc) is 2.22. The lowest BCUT2D eigenvalue weighted by molar-refractivity contribution is 0.591. The van der Waals surface area contributed by atoms with Gasteiger partial charge in [0.2, 0.25) is 0 Å². The molecule has 0 spiro atoms. The largest absolute Gasteiger partial charge is 0.398 e. The zero-order valence-corrected chi connectivity index (χ0v) is 11.6. The van der Waals surface area contributed by atoms with Crippen LogP contribution in [0.4, 0.5) is 5.69 Å². The number of nitrogen functional groups attached to an aromatic ring is 1. The van der Waals surface area contributed by atoms with Crippen LogP contribution in [0.2, 0.25) is 0 Å². The van der Waals surface area contributed by atoms with Gasteiger partial charge in [-0.3, -0.25) is 0 Å². The van der Waals surface area contributed by atoms with Gasteiger partial charge in [0, 0.05) is 4.47 Å². The Morgan fingerprint density at radius 2 is 2.00 bits per heavy atom. The molecule has 1 rings (SSSR count). The summed E-state index contributed by atoms with van der Waals surface area (Å²) in [6.07, 6.45) is 2.61. The summed E-state index contributed by atoms with van der Waals surface area (Å²) in [4.78, 5) is 0.234. The van der Waals surface area contributed by atoms with E-state index in [1.54, 1.807) is 18.2 Å². The molecule has 3 nitrogen and oxygen atoms in total. The highest BCUT2D eigenvalue weighted by molar-refractivity contribution is 9.10. The third-order valence-electron chi connectivity index (χ3n) is 2.33. The number of benzene rings is 1. The lowest BCUT2D eigenvalue weighted by atomic mass is 10.3. The highest BCUT2D eigenvalue weighted by Gasteiger charge is 2.17. The first-order chi connectivity index (χ1) is 7.47. The van der Waals surface area contributed by atoms with Crippen molar-refractivity contribution in [1.29, 1.82) is 0 Å². The first-order valence-corrected chi connectivity index (χ1v) is 7.69. The van der Waals surface area contributed by atoms with Crippen LogP contribution in [-0.2, 0) is 9.84 Å². The molecule has 0 aliphatic carbocycles. The van der Waals surface area contributed by atoms with Gasteiger partial charge in [0.15, 0.2) is 9.84 Å². The van der Waals surface area contributed by atoms with Crippen molar-refractivity contribution in [2.75, 3.05) is 11.5 Å². The molecular formula is C11H16BrNO2S. The van der Waals surface area contributed by atoms with E-state index in [1.807, 2.05) is 6.92 Å². The normalized spacial score (nSPS) is 11.6. The summed E-state index contributed by atoms with van der Waals surface area (Å²) in [6, 6.07) is 4.91. The van der Waals surface area contributed by atoms with E-state index >= 15 is 0 Å². The van der Waals surface area contributed by atoms with Crippen molar-refractivity contribution in [3.8, 4) is 0 Å². The van der Waals surface area contributed by atoms with E-state index in [-0.39, 0.29) is 10.6 Å². The van der Waals surface area contributed by atoms with Gasteiger partial charge in [-0.25, -0.2) is 8.42 Å². The zero-order chi connectivity index (χ0) is 12.2. The minimum absolute atomic E-state index is 0.168. The summed E-state index contributed by atoms with van der Waals surface area (Å²) in [5.41, 5.74) is 6.00. The molecule has 0 unspecified atom stereocenters. The summed E-state index contributed by atoms with van der Waals surface area (Å²) in [7, 11) is -3.24. The fourth-order valence-corrected chi connectivity index (χ4v) is 3.48. The summed E-state index contributed by atoms with van der Waals surface area (Å²) in [5, 5.41) is 0. The van der Waals surface area contributed by atoms with Crippen molar-refractivity contribution in [1.82, 2.24) is 0 Å². The lowest BCUT2D eigenvalue weighted by Crippen LogP contribution is -2.09. The first kappa shape index (κ1) is 13.5. The van der Waals surface area contributed by atoms with Gasteiger partial charge in [-0.05, 0) is 24.6 Å². The zero-order valence-electron chi connectivity index (χ0n) is 9.24. The van der Waals surface area contributed by atoms with Crippen molar-refractivity contribution in [3.63, 3.8) is 0 Å². The Balaban J connectivity index is 2.93. The Morgan fingerprint density at radius 3 is 2.62 bits per heavy atom. The fourth-order valence-electron chi connectivity index (χ4n) is 1.43. The molecule has 0 atom stereocenters. The standard InChI is InChI=1S/C11H16BrNO2S/c1-2-3-4-7-16(14,15)11-8-9(12)5-6-10(11)13/h5-6,8H,2-4,7,13H2,1H3. The van der Waals surface area contributed by atoms with Gasteiger partial charge in [-0.2, -0.15) is 0 Å². The molecule has 0 fully saturated rings. The lowest BCUT2D eigenvalue weighted by Gasteiger charge is -2.07. The summed E-state index contributed by atoms with van der Waals surface area (Å²) < 4.78 is 24.7. The van der Waals surface area contributed by atoms with Crippen LogP contribution in [-0.4, -0.2) is 14.2 Å². The van der Waals surface area contributed by atoms with Crippen molar-refractivity contribution in [2.45, 2.75) is 31.1 Å². The summed E-state index contributed by atoms with van der Waals surface area (Å²) >= 11 is 3.25. The molecule has 1 aromatic rings. The van der Waals surface area contributed by atoms with Gasteiger partial charge in [0.1, 0.15) is 0 Å². The van der Waals surface area contributed by atoms with Crippen molar-refractivity contribution in [2.24, 2.45) is 0 Å². The molecule has 90 valence electrons. The maximum Gasteiger partial charge on any atom is 0.180 e. The van der Waals surface area contributed by atoms with Gasteiger partial charge in [-0.1, -0.05) is 35.7 Å². The molecule has 0 saturated carbocycles. The Labute approximate surface area is 105 Å². The van der Waals surface area contributed by atoms with Gasteiger partial charge < -0.3 is 5.73 Å². The fraction of sp³-hybridized carbons (Fsp3) is 0.455. The number of hydrogen-bond acceptors (Lipinski definition) is 3. The number of hydrogen-bond donors (Lipinski definition) is 1. The van der Waals surface area contributed by atoms with Crippen LogP contribution in [0.1, 0.15) is 26.2 Å². The molecule has 0 radical (unpaired) electrons. The topological polar surface area (TPSA) is 60.2 Å². The molecule has 0 aliphatic heterocycles. The summed E-state index contributed by atoms with van der Waals surface area (Å²) in [6.45, 7) is 2.04. The summed E-state index contributed by atoms with van der Waals surface area (Å²) in [5.74, 6) is 0.168. The number of sulfone groups is 1. The molecule has 0 heterocycles. The second kappa shape index (κ2) is 5.68. The van der Waals surface area contributed by atoms with Crippen LogP contribution in [0, 0.1) is 0 Å². The molecular weight excluding hydrogens is 290 g/mol. The third kappa shape index (κ3) is 3.49. The molecule has 0 saturated heterocycles. The quantitative estimate of drug-likeness (QED) is 0.672. The molecule has 0 aromatic heterocycles. The number of nitrogens with two attached hydrogens (primary N) is 1. The second-order valence-corrected chi connectivity index (χ2v) is 6.70. The van der Waals surface area contributed by atoms with E-state index in [1.165, 1.54) is 0 Å². The predicted octanol–water partition coefficient (Wildman–Crippen LogP) is 3.00. The Bertz CT molecular complexity index is 457. The van der Waals surface area contributed by atoms with E-state index in [4.69, 9.17) is 5.73 Å². The molecule has 2 N–H and O–H groups in total. The maximum absolute atomic E-state index is 12.0. The number of anilines is 1. The van der Waals surface area contributed by atoms with Crippen LogP contribution >= 0.6 is 15.9 Å². The van der Waals surface area contributed by atoms with Crippen LogP contribution < -0.4 is 5.73 Å². The maximum atomic E-state index is 12.0. The Hall–Kier alpha value is -0.550. The predicted molar refractivity (Wildman–Crippen MR) is 70.1 cm³/mol. The average molecular weight is 306 g/mol. The molecule has 0 bridgehead atoms. The van der Waals surface area contributed by atoms with Gasteiger partial charge in [0.05, 0.1) is 16.3 Å². The molecule has 0 aliphatic rings. The molecule has 0 amide bonds. The Kier molecular flexibility index (Phi) is 4.80. The SMILES string of the molecule is CCCCCS(=O)(=O)c1cc(Br)ccc1N. The minimum Gasteiger partial charge on any atom is -0.398 e. The van der Waals surface area contributed by atoms with E-state index in [0.29, 0.717) is 12.1 Å². The number of halogens is 1. The number of unbranched alkanes of at least 4 members (excludes halogenated alkanes) is 2. The van der Waals surface area contributed by atoms with Crippen LogP contribution in [0.3, 0.4) is 0 Å². The van der Waals surface area contributed by atoms with E-state index in [0.717, 1.165) is 17.3 Å². The van der Waals surface area contributed by atoms with Crippen LogP contribution in [0.25, 0.3) is 0 Å². The van der Waals surface area contributed by atoms with E-state index in [2.05, 4.69) is 15.9 Å². The Morgan fingerprint density at radius 1 is 1.31 bits per heavy atom. The highest BCUT2D eigenvalue weighted by atomic mass is 79.9.